The topological polar surface area (TPSA) is 353 Å². The number of nitrogens with zero attached hydrogens (tertiary/aromatic N) is 4. The maximum atomic E-state index is 14.0. The molecule has 0 aromatic heterocycles. The number of sulfonamides is 2. The molecular weight excluding hydrogens is 1210 g/mol. The van der Waals surface area contributed by atoms with Gasteiger partial charge >= 0.3 is 24.5 Å². The second kappa shape index (κ2) is 34.5. The fourth-order valence-corrected chi connectivity index (χ4v) is 12.6. The Balaban J connectivity index is 0.000000291. The number of hydrogen-bond donors (Lipinski definition) is 3. The Labute approximate surface area is 522 Å². The van der Waals surface area contributed by atoms with Crippen molar-refractivity contribution in [3.8, 4) is 5.75 Å². The molecule has 7 rings (SSSR count). The Morgan fingerprint density at radius 3 is 1.37 bits per heavy atom. The van der Waals surface area contributed by atoms with Gasteiger partial charge in [-0.1, -0.05) is 95.3 Å². The van der Waals surface area contributed by atoms with Gasteiger partial charge in [0.25, 0.3) is 11.4 Å². The minimum atomic E-state index is -4.34. The van der Waals surface area contributed by atoms with Gasteiger partial charge in [0.15, 0.2) is 0 Å². The van der Waals surface area contributed by atoms with Crippen LogP contribution in [0.4, 0.5) is 36.2 Å². The normalized spacial score (nSPS) is 16.2. The highest BCUT2D eigenvalue weighted by Gasteiger charge is 2.38. The van der Waals surface area contributed by atoms with Gasteiger partial charge in [0.1, 0.15) is 30.2 Å². The third kappa shape index (κ3) is 22.5. The van der Waals surface area contributed by atoms with Crippen LogP contribution in [-0.4, -0.2) is 156 Å². The molecule has 27 nitrogen and oxygen atoms in total. The summed E-state index contributed by atoms with van der Waals surface area (Å²) in [5, 5.41) is 27.8. The smallest absolute Gasteiger partial charge is 0.444 e. The highest BCUT2D eigenvalue weighted by atomic mass is 32.2. The van der Waals surface area contributed by atoms with Crippen LogP contribution in [0.3, 0.4) is 0 Å². The first-order valence-electron chi connectivity index (χ1n) is 29.1. The summed E-state index contributed by atoms with van der Waals surface area (Å²) < 4.78 is 101. The van der Waals surface area contributed by atoms with Crippen molar-refractivity contribution in [2.24, 2.45) is 11.8 Å². The van der Waals surface area contributed by atoms with Crippen molar-refractivity contribution in [3.05, 3.63) is 165 Å². The Morgan fingerprint density at radius 2 is 0.989 bits per heavy atom. The van der Waals surface area contributed by atoms with Gasteiger partial charge in [-0.2, -0.15) is 8.61 Å². The van der Waals surface area contributed by atoms with Crippen LogP contribution in [0.5, 0.6) is 5.75 Å². The molecule has 90 heavy (non-hydrogen) atoms. The SMILES string of the molecule is CC(C)CN(C[C@@H](OC(=O)Oc1ccc([N+](=O)[O-])cc1)[C@H](Cc1ccccc1)NC(=O)O[C@H]1CCOC1)S(=O)(=O)c1ccc([N+](=O)[O-])cc1.CCCOC(=O)O[C@H](CN(CC(C)C)S(=O)(=O)c1ccc(N)cc1)[C@H](Cc1ccccc1)NC(=O)O[C@H]1CCOC1. The largest absolute Gasteiger partial charge is 0.514 e. The van der Waals surface area contributed by atoms with Gasteiger partial charge < -0.3 is 54.3 Å². The summed E-state index contributed by atoms with van der Waals surface area (Å²) in [5.74, 6) is -0.368. The van der Waals surface area contributed by atoms with E-state index in [4.69, 9.17) is 43.6 Å². The Hall–Kier alpha value is -8.48. The molecule has 2 amide bonds. The summed E-state index contributed by atoms with van der Waals surface area (Å²) in [7, 11) is -8.37. The van der Waals surface area contributed by atoms with E-state index in [2.05, 4.69) is 10.6 Å². The van der Waals surface area contributed by atoms with E-state index < -0.39 is 97.4 Å². The van der Waals surface area contributed by atoms with Crippen molar-refractivity contribution in [1.82, 2.24) is 19.2 Å². The number of non-ortho nitro benzene ring substituents is 2. The number of amides is 2. The molecule has 2 heterocycles. The molecule has 2 saturated heterocycles. The molecule has 2 aliphatic rings. The first-order valence-corrected chi connectivity index (χ1v) is 32.0. The number of benzene rings is 5. The van der Waals surface area contributed by atoms with Gasteiger partial charge in [-0.3, -0.25) is 20.2 Å². The van der Waals surface area contributed by atoms with Crippen LogP contribution in [0.2, 0.25) is 0 Å². The summed E-state index contributed by atoms with van der Waals surface area (Å²) in [6.45, 7) is 10.1. The van der Waals surface area contributed by atoms with Crippen LogP contribution in [-0.2, 0) is 66.0 Å². The number of hydrogen-bond acceptors (Lipinski definition) is 21. The molecule has 488 valence electrons. The average Bonchev–Trinajstić information content (AvgIpc) is 1.32. The number of nitro benzene ring substituents is 2. The number of nitro groups is 2. The Bertz CT molecular complexity index is 3340. The van der Waals surface area contributed by atoms with Crippen molar-refractivity contribution in [1.29, 1.82) is 0 Å². The van der Waals surface area contributed by atoms with E-state index in [9.17, 15) is 56.2 Å². The van der Waals surface area contributed by atoms with Gasteiger partial charge in [0.05, 0.1) is 77.8 Å². The molecule has 5 aromatic carbocycles. The average molecular weight is 1290 g/mol. The maximum Gasteiger partial charge on any atom is 0.514 e. The van der Waals surface area contributed by atoms with Crippen molar-refractivity contribution < 1.29 is 83.8 Å². The number of ether oxygens (including phenoxy) is 8. The zero-order valence-corrected chi connectivity index (χ0v) is 52.2. The first kappa shape index (κ1) is 70.6. The van der Waals surface area contributed by atoms with Crippen LogP contribution in [0.1, 0.15) is 65.0 Å². The minimum Gasteiger partial charge on any atom is -0.444 e. The number of anilines is 1. The molecule has 2 fully saturated rings. The first-order chi connectivity index (χ1) is 42.9. The molecule has 0 aliphatic carbocycles. The lowest BCUT2D eigenvalue weighted by Crippen LogP contribution is -2.53. The zero-order chi connectivity index (χ0) is 65.4. The van der Waals surface area contributed by atoms with E-state index in [0.717, 1.165) is 46.3 Å². The van der Waals surface area contributed by atoms with E-state index in [0.29, 0.717) is 50.3 Å². The number of alkyl carbamates (subject to hydrolysis) is 2. The van der Waals surface area contributed by atoms with Crippen LogP contribution < -0.4 is 21.1 Å². The van der Waals surface area contributed by atoms with Crippen LogP contribution in [0.15, 0.2) is 143 Å². The lowest BCUT2D eigenvalue weighted by molar-refractivity contribution is -0.385. The quantitative estimate of drug-likeness (QED) is 0.0100. The highest BCUT2D eigenvalue weighted by Crippen LogP contribution is 2.26. The van der Waals surface area contributed by atoms with Crippen molar-refractivity contribution >= 4 is 61.6 Å². The number of nitrogen functional groups attached to an aromatic ring is 1. The monoisotopic (exact) mass is 1290 g/mol. The molecule has 4 N–H and O–H groups in total. The van der Waals surface area contributed by atoms with E-state index in [1.165, 1.54) is 40.7 Å². The summed E-state index contributed by atoms with van der Waals surface area (Å²) in [5.41, 5.74) is 7.22. The molecule has 0 radical (unpaired) electrons. The van der Waals surface area contributed by atoms with Gasteiger partial charge in [0.2, 0.25) is 20.0 Å². The lowest BCUT2D eigenvalue weighted by Gasteiger charge is -2.33. The molecule has 0 unspecified atom stereocenters. The number of nitrogens with one attached hydrogen (secondary N) is 2. The summed E-state index contributed by atoms with van der Waals surface area (Å²) in [6.07, 6.45) is -5.26. The van der Waals surface area contributed by atoms with Crippen LogP contribution in [0, 0.1) is 32.1 Å². The fraction of sp³-hybridized carbons (Fsp3) is 0.443. The van der Waals surface area contributed by atoms with Gasteiger partial charge in [-0.05, 0) is 90.8 Å². The van der Waals surface area contributed by atoms with Crippen molar-refractivity contribution in [2.75, 3.05) is 64.9 Å². The van der Waals surface area contributed by atoms with Gasteiger partial charge in [-0.25, -0.2) is 36.0 Å². The highest BCUT2D eigenvalue weighted by molar-refractivity contribution is 7.89. The predicted molar refractivity (Wildman–Crippen MR) is 327 cm³/mol. The van der Waals surface area contributed by atoms with E-state index in [-0.39, 0.29) is 84.4 Å². The second-order valence-corrected chi connectivity index (χ2v) is 25.8. The van der Waals surface area contributed by atoms with E-state index >= 15 is 0 Å². The van der Waals surface area contributed by atoms with Crippen molar-refractivity contribution in [3.63, 3.8) is 0 Å². The van der Waals surface area contributed by atoms with Crippen molar-refractivity contribution in [2.45, 2.75) is 113 Å². The molecule has 2 aliphatic heterocycles. The predicted octanol–water partition coefficient (Wildman–Crippen LogP) is 8.83. The van der Waals surface area contributed by atoms with Crippen LogP contribution >= 0.6 is 0 Å². The zero-order valence-electron chi connectivity index (χ0n) is 50.6. The third-order valence-corrected chi connectivity index (χ3v) is 17.4. The van der Waals surface area contributed by atoms with Gasteiger partial charge in [0, 0.05) is 55.9 Å². The fourth-order valence-electron chi connectivity index (χ4n) is 9.32. The molecule has 0 spiro atoms. The second-order valence-electron chi connectivity index (χ2n) is 21.9. The summed E-state index contributed by atoms with van der Waals surface area (Å²) in [6, 6.07) is 31.2. The lowest BCUT2D eigenvalue weighted by atomic mass is 10.0. The Morgan fingerprint density at radius 1 is 0.589 bits per heavy atom. The summed E-state index contributed by atoms with van der Waals surface area (Å²) in [4.78, 5) is 72.8. The molecule has 0 saturated carbocycles. The number of rotatable bonds is 29. The third-order valence-electron chi connectivity index (χ3n) is 13.7. The standard InChI is InChI=1S/C32H36N4O12S.C29H41N3O8S/c1-22(2)19-34(49(43,44)28-14-10-25(11-15-28)36(41)42)20-30(48-32(38)47-26-12-8-24(9-13-26)35(39)40)29(18-23-6-4-3-5-7-23)33-31(37)46-27-16-17-45-21-27;1-4-15-38-29(34)40-27(19-32(18-21(2)3)41(35,36)25-12-10-23(30)11-13-25)26(17-22-8-6-5-7-9-22)31-28(33)39-24-14-16-37-20-24/h3-15,22,27,29-30H,16-21H2,1-2H3,(H,33,37);5-13,21,24,26-27H,4,14-20,30H2,1-3H3,(H,31,33)/t27-,29-,30+;24-,26-,27+/m00/s1. The number of carbonyl (C=O) groups is 4. The van der Waals surface area contributed by atoms with Crippen LogP contribution in [0.25, 0.3) is 0 Å². The number of carbonyl (C=O) groups excluding carboxylic acids is 4. The van der Waals surface area contributed by atoms with E-state index in [1.807, 2.05) is 51.1 Å². The molecule has 0 bridgehead atoms. The summed E-state index contributed by atoms with van der Waals surface area (Å²) >= 11 is 0. The molecule has 6 atom stereocenters. The van der Waals surface area contributed by atoms with E-state index in [1.54, 1.807) is 44.2 Å². The molecular formula is C61H77N7O20S2. The number of nitrogens with two attached hydrogens (primary N) is 1. The Kier molecular flexibility index (Phi) is 27.0. The maximum absolute atomic E-state index is 14.0. The van der Waals surface area contributed by atoms with Gasteiger partial charge in [-0.15, -0.1) is 0 Å². The molecule has 29 heteroatoms. The molecule has 5 aromatic rings. The minimum absolute atomic E-state index is 0.0490.